The van der Waals surface area contributed by atoms with E-state index in [9.17, 15) is 14.7 Å². The standard InChI is InChI=1S/C18H34N2O5/c1-16(2,3)14(22)19-18(6,11-21)13-25-12-17(4,5)15(23)20-7-9-24-10-8-20/h21H,7-13H2,1-6H3,(H,19,22). The van der Waals surface area contributed by atoms with Crippen LogP contribution in [0.3, 0.4) is 0 Å². The molecule has 0 aromatic rings. The molecular formula is C18H34N2O5. The molecule has 0 aromatic heterocycles. The Labute approximate surface area is 151 Å². The summed E-state index contributed by atoms with van der Waals surface area (Å²) in [5, 5.41) is 12.5. The smallest absolute Gasteiger partial charge is 0.230 e. The highest BCUT2D eigenvalue weighted by atomic mass is 16.5. The Morgan fingerprint density at radius 3 is 2.12 bits per heavy atom. The van der Waals surface area contributed by atoms with E-state index >= 15 is 0 Å². The summed E-state index contributed by atoms with van der Waals surface area (Å²) in [5.41, 5.74) is -2.12. The lowest BCUT2D eigenvalue weighted by molar-refractivity contribution is -0.149. The molecule has 1 saturated heterocycles. The average molecular weight is 358 g/mol. The van der Waals surface area contributed by atoms with Crippen LogP contribution in [0.5, 0.6) is 0 Å². The number of aliphatic hydroxyl groups is 1. The average Bonchev–Trinajstić information content (AvgIpc) is 2.53. The van der Waals surface area contributed by atoms with Crippen LogP contribution >= 0.6 is 0 Å². The van der Waals surface area contributed by atoms with E-state index in [-0.39, 0.29) is 31.6 Å². The molecule has 7 nitrogen and oxygen atoms in total. The van der Waals surface area contributed by atoms with Gasteiger partial charge in [-0.15, -0.1) is 0 Å². The molecule has 1 unspecified atom stereocenters. The van der Waals surface area contributed by atoms with E-state index < -0.39 is 16.4 Å². The second-order valence-corrected chi connectivity index (χ2v) is 8.70. The van der Waals surface area contributed by atoms with Crippen molar-refractivity contribution in [1.82, 2.24) is 10.2 Å². The number of hydrogen-bond acceptors (Lipinski definition) is 5. The molecule has 7 heteroatoms. The molecule has 0 bridgehead atoms. The first-order chi connectivity index (χ1) is 11.4. The summed E-state index contributed by atoms with van der Waals surface area (Å²) in [4.78, 5) is 26.6. The summed E-state index contributed by atoms with van der Waals surface area (Å²) in [6.45, 7) is 13.3. The summed E-state index contributed by atoms with van der Waals surface area (Å²) in [7, 11) is 0. The molecule has 1 atom stereocenters. The lowest BCUT2D eigenvalue weighted by atomic mass is 9.92. The molecule has 1 rings (SSSR count). The van der Waals surface area contributed by atoms with E-state index in [1.165, 1.54) is 0 Å². The van der Waals surface area contributed by atoms with Gasteiger partial charge in [0, 0.05) is 18.5 Å². The van der Waals surface area contributed by atoms with E-state index in [2.05, 4.69) is 5.32 Å². The number of carbonyl (C=O) groups is 2. The monoisotopic (exact) mass is 358 g/mol. The molecule has 2 N–H and O–H groups in total. The number of nitrogens with one attached hydrogen (secondary N) is 1. The zero-order valence-corrected chi connectivity index (χ0v) is 16.5. The van der Waals surface area contributed by atoms with Crippen LogP contribution in [0.1, 0.15) is 41.5 Å². The zero-order valence-electron chi connectivity index (χ0n) is 16.5. The van der Waals surface area contributed by atoms with Crippen molar-refractivity contribution in [1.29, 1.82) is 0 Å². The highest BCUT2D eigenvalue weighted by molar-refractivity contribution is 5.82. The Kier molecular flexibility index (Phi) is 7.40. The van der Waals surface area contributed by atoms with Crippen LogP contribution in [0, 0.1) is 10.8 Å². The molecule has 0 saturated carbocycles. The van der Waals surface area contributed by atoms with Crippen molar-refractivity contribution in [3.8, 4) is 0 Å². The number of hydrogen-bond donors (Lipinski definition) is 2. The molecule has 0 aromatic carbocycles. The van der Waals surface area contributed by atoms with Gasteiger partial charge in [0.15, 0.2) is 0 Å². The van der Waals surface area contributed by atoms with Crippen molar-refractivity contribution in [2.24, 2.45) is 10.8 Å². The van der Waals surface area contributed by atoms with E-state index in [0.29, 0.717) is 26.3 Å². The van der Waals surface area contributed by atoms with Crippen LogP contribution in [0.15, 0.2) is 0 Å². The molecule has 2 amide bonds. The van der Waals surface area contributed by atoms with Crippen LogP contribution in [0.2, 0.25) is 0 Å². The van der Waals surface area contributed by atoms with E-state index in [4.69, 9.17) is 9.47 Å². The number of nitrogens with zero attached hydrogens (tertiary/aromatic N) is 1. The number of carbonyl (C=O) groups excluding carboxylic acids is 2. The largest absolute Gasteiger partial charge is 0.394 e. The zero-order chi connectivity index (χ0) is 19.3. The normalized spacial score (nSPS) is 18.6. The second kappa shape index (κ2) is 8.47. The highest BCUT2D eigenvalue weighted by Crippen LogP contribution is 2.22. The summed E-state index contributed by atoms with van der Waals surface area (Å²) in [6, 6.07) is 0. The first-order valence-electron chi connectivity index (χ1n) is 8.80. The van der Waals surface area contributed by atoms with Gasteiger partial charge in [-0.25, -0.2) is 0 Å². The summed E-state index contributed by atoms with van der Waals surface area (Å²) < 4.78 is 11.0. The van der Waals surface area contributed by atoms with E-state index in [0.717, 1.165) is 0 Å². The third-order valence-electron chi connectivity index (χ3n) is 4.21. The minimum absolute atomic E-state index is 0.0280. The maximum atomic E-state index is 12.6. The number of ether oxygens (including phenoxy) is 2. The lowest BCUT2D eigenvalue weighted by Gasteiger charge is -2.36. The van der Waals surface area contributed by atoms with E-state index in [1.54, 1.807) is 11.8 Å². The van der Waals surface area contributed by atoms with Crippen molar-refractivity contribution in [3.63, 3.8) is 0 Å². The van der Waals surface area contributed by atoms with Crippen molar-refractivity contribution in [2.45, 2.75) is 47.1 Å². The van der Waals surface area contributed by atoms with Crippen molar-refractivity contribution in [3.05, 3.63) is 0 Å². The van der Waals surface area contributed by atoms with Gasteiger partial charge in [-0.1, -0.05) is 20.8 Å². The third-order valence-corrected chi connectivity index (χ3v) is 4.21. The Balaban J connectivity index is 2.56. The lowest BCUT2D eigenvalue weighted by Crippen LogP contribution is -2.55. The minimum atomic E-state index is -0.886. The van der Waals surface area contributed by atoms with Gasteiger partial charge in [0.1, 0.15) is 0 Å². The highest BCUT2D eigenvalue weighted by Gasteiger charge is 2.35. The van der Waals surface area contributed by atoms with Gasteiger partial charge in [-0.3, -0.25) is 9.59 Å². The summed E-state index contributed by atoms with van der Waals surface area (Å²) in [6.07, 6.45) is 0. The van der Waals surface area contributed by atoms with Gasteiger partial charge in [0.2, 0.25) is 11.8 Å². The fourth-order valence-electron chi connectivity index (χ4n) is 2.37. The number of aliphatic hydroxyl groups excluding tert-OH is 1. The topological polar surface area (TPSA) is 88.1 Å². The SMILES string of the molecule is CC(CO)(COCC(C)(C)C(=O)N1CCOCC1)NC(=O)C(C)(C)C. The van der Waals surface area contributed by atoms with Crippen LogP contribution in [0.25, 0.3) is 0 Å². The molecule has 0 radical (unpaired) electrons. The predicted octanol–water partition coefficient (Wildman–Crippen LogP) is 0.801. The second-order valence-electron chi connectivity index (χ2n) is 8.70. The molecule has 1 aliphatic rings. The van der Waals surface area contributed by atoms with Crippen LogP contribution in [-0.2, 0) is 19.1 Å². The molecule has 0 aliphatic carbocycles. The summed E-state index contributed by atoms with van der Waals surface area (Å²) in [5.74, 6) is -0.128. The van der Waals surface area contributed by atoms with Gasteiger partial charge in [0.25, 0.3) is 0 Å². The molecule has 1 fully saturated rings. The molecule has 1 aliphatic heterocycles. The Morgan fingerprint density at radius 2 is 1.64 bits per heavy atom. The number of rotatable bonds is 7. The first-order valence-corrected chi connectivity index (χ1v) is 8.80. The Morgan fingerprint density at radius 1 is 1.08 bits per heavy atom. The predicted molar refractivity (Wildman–Crippen MR) is 95.1 cm³/mol. The number of amides is 2. The van der Waals surface area contributed by atoms with Crippen molar-refractivity contribution in [2.75, 3.05) is 46.1 Å². The fourth-order valence-corrected chi connectivity index (χ4v) is 2.37. The molecule has 25 heavy (non-hydrogen) atoms. The van der Waals surface area contributed by atoms with Gasteiger partial charge in [-0.2, -0.15) is 0 Å². The third kappa shape index (κ3) is 6.56. The maximum absolute atomic E-state index is 12.6. The van der Waals surface area contributed by atoms with Crippen LogP contribution in [0.4, 0.5) is 0 Å². The minimum Gasteiger partial charge on any atom is -0.394 e. The van der Waals surface area contributed by atoms with Crippen LogP contribution < -0.4 is 5.32 Å². The maximum Gasteiger partial charge on any atom is 0.230 e. The molecule has 146 valence electrons. The molecular weight excluding hydrogens is 324 g/mol. The van der Waals surface area contributed by atoms with Gasteiger partial charge in [0.05, 0.1) is 44.0 Å². The fraction of sp³-hybridized carbons (Fsp3) is 0.889. The Bertz CT molecular complexity index is 467. The molecule has 1 heterocycles. The molecule has 0 spiro atoms. The van der Waals surface area contributed by atoms with Gasteiger partial charge in [-0.05, 0) is 20.8 Å². The van der Waals surface area contributed by atoms with Gasteiger partial charge < -0.3 is 24.8 Å². The summed E-state index contributed by atoms with van der Waals surface area (Å²) >= 11 is 0. The quantitative estimate of drug-likeness (QED) is 0.703. The first kappa shape index (κ1) is 21.9. The number of morpholine rings is 1. The van der Waals surface area contributed by atoms with Crippen molar-refractivity contribution < 1.29 is 24.2 Å². The van der Waals surface area contributed by atoms with Crippen LogP contribution in [-0.4, -0.2) is 73.5 Å². The van der Waals surface area contributed by atoms with Crippen molar-refractivity contribution >= 4 is 11.8 Å². The van der Waals surface area contributed by atoms with E-state index in [1.807, 2.05) is 34.6 Å². The van der Waals surface area contributed by atoms with Gasteiger partial charge >= 0.3 is 0 Å². The Hall–Kier alpha value is -1.18.